The van der Waals surface area contributed by atoms with Crippen LogP contribution in [-0.2, 0) is 0 Å². The number of rotatable bonds is 0. The van der Waals surface area contributed by atoms with Crippen molar-refractivity contribution in [1.82, 2.24) is 0 Å². The van der Waals surface area contributed by atoms with E-state index in [0.29, 0.717) is 6.61 Å². The van der Waals surface area contributed by atoms with Crippen LogP contribution in [-0.4, -0.2) is 6.61 Å². The van der Waals surface area contributed by atoms with Crippen LogP contribution in [0.1, 0.15) is 11.6 Å². The fourth-order valence-corrected chi connectivity index (χ4v) is 1.19. The molecule has 1 atom stereocenters. The van der Waals surface area contributed by atoms with Crippen molar-refractivity contribution in [2.24, 2.45) is 5.73 Å². The normalized spacial score (nSPS) is 19.9. The van der Waals surface area contributed by atoms with E-state index in [9.17, 15) is 0 Å². The van der Waals surface area contributed by atoms with Gasteiger partial charge in [-0.15, -0.1) is 12.4 Å². The molecule has 0 aliphatic carbocycles. The molecule has 0 amide bonds. The van der Waals surface area contributed by atoms with Crippen molar-refractivity contribution in [1.29, 1.82) is 0 Å². The Morgan fingerprint density at radius 3 is 2.82 bits per heavy atom. The van der Waals surface area contributed by atoms with Gasteiger partial charge in [-0.1, -0.05) is 18.2 Å². The van der Waals surface area contributed by atoms with Crippen molar-refractivity contribution in [3.05, 3.63) is 29.8 Å². The quantitative estimate of drug-likeness (QED) is 0.642. The summed E-state index contributed by atoms with van der Waals surface area (Å²) in [7, 11) is 0. The molecule has 0 saturated carbocycles. The molecule has 2 rings (SSSR count). The number of nitrogens with two attached hydrogens (primary N) is 1. The Balaban J connectivity index is 0.000000605. The van der Waals surface area contributed by atoms with E-state index in [1.807, 2.05) is 24.3 Å². The minimum atomic E-state index is 0. The highest BCUT2D eigenvalue weighted by atomic mass is 35.5. The van der Waals surface area contributed by atoms with Crippen LogP contribution in [0, 0.1) is 0 Å². The first-order valence-electron chi connectivity index (χ1n) is 3.35. The van der Waals surface area contributed by atoms with Gasteiger partial charge in [0.2, 0.25) is 0 Å². The monoisotopic (exact) mass is 171 g/mol. The fourth-order valence-electron chi connectivity index (χ4n) is 1.19. The largest absolute Gasteiger partial charge is 0.491 e. The van der Waals surface area contributed by atoms with E-state index in [1.165, 1.54) is 0 Å². The molecule has 0 fully saturated rings. The molecule has 2 nitrogen and oxygen atoms in total. The summed E-state index contributed by atoms with van der Waals surface area (Å²) in [5.41, 5.74) is 6.85. The molecular weight excluding hydrogens is 162 g/mol. The van der Waals surface area contributed by atoms with Gasteiger partial charge in [0.15, 0.2) is 0 Å². The summed E-state index contributed by atoms with van der Waals surface area (Å²) in [5, 5.41) is 0. The average Bonchev–Trinajstić information content (AvgIpc) is 2.34. The van der Waals surface area contributed by atoms with Crippen molar-refractivity contribution >= 4 is 12.4 Å². The molecule has 60 valence electrons. The Kier molecular flexibility index (Phi) is 2.37. The van der Waals surface area contributed by atoms with Gasteiger partial charge in [-0.25, -0.2) is 0 Å². The van der Waals surface area contributed by atoms with Crippen LogP contribution in [0.5, 0.6) is 5.75 Å². The second-order valence-corrected chi connectivity index (χ2v) is 2.46. The van der Waals surface area contributed by atoms with Gasteiger partial charge >= 0.3 is 0 Å². The Labute approximate surface area is 71.8 Å². The van der Waals surface area contributed by atoms with Crippen LogP contribution in [0.3, 0.4) is 0 Å². The molecule has 2 N–H and O–H groups in total. The number of ether oxygens (including phenoxy) is 1. The third-order valence-corrected chi connectivity index (χ3v) is 1.74. The van der Waals surface area contributed by atoms with E-state index in [4.69, 9.17) is 10.5 Å². The van der Waals surface area contributed by atoms with Crippen LogP contribution in [0.15, 0.2) is 24.3 Å². The van der Waals surface area contributed by atoms with Gasteiger partial charge in [0.1, 0.15) is 12.4 Å². The Hall–Kier alpha value is -0.730. The molecule has 1 heterocycles. The number of halogens is 1. The van der Waals surface area contributed by atoms with Crippen molar-refractivity contribution in [3.8, 4) is 5.75 Å². The first-order valence-corrected chi connectivity index (χ1v) is 3.35. The summed E-state index contributed by atoms with van der Waals surface area (Å²) >= 11 is 0. The standard InChI is InChI=1S/C8H9NO.ClH/c9-7-5-10-8-4-2-1-3-6(7)8;/h1-4,7H,5,9H2;1H/t7-;/m0./s1. The first-order chi connectivity index (χ1) is 4.88. The minimum Gasteiger partial charge on any atom is -0.491 e. The molecule has 1 aromatic carbocycles. The highest BCUT2D eigenvalue weighted by molar-refractivity contribution is 5.85. The zero-order valence-electron chi connectivity index (χ0n) is 5.99. The number of benzene rings is 1. The van der Waals surface area contributed by atoms with Gasteiger partial charge < -0.3 is 10.5 Å². The molecule has 0 unspecified atom stereocenters. The van der Waals surface area contributed by atoms with Gasteiger partial charge in [-0.2, -0.15) is 0 Å². The highest BCUT2D eigenvalue weighted by Crippen LogP contribution is 2.29. The lowest BCUT2D eigenvalue weighted by molar-refractivity contribution is 0.333. The van der Waals surface area contributed by atoms with Crippen molar-refractivity contribution in [2.45, 2.75) is 6.04 Å². The summed E-state index contributed by atoms with van der Waals surface area (Å²) in [6.07, 6.45) is 0. The summed E-state index contributed by atoms with van der Waals surface area (Å²) in [4.78, 5) is 0. The molecule has 0 spiro atoms. The summed E-state index contributed by atoms with van der Waals surface area (Å²) in [6.45, 7) is 0.624. The molecule has 11 heavy (non-hydrogen) atoms. The predicted octanol–water partition coefficient (Wildman–Crippen LogP) is 1.50. The SMILES string of the molecule is Cl.N[C@H]1COc2ccccc21. The van der Waals surface area contributed by atoms with Crippen molar-refractivity contribution in [2.75, 3.05) is 6.61 Å². The van der Waals surface area contributed by atoms with Crippen molar-refractivity contribution < 1.29 is 4.74 Å². The molecule has 0 aromatic heterocycles. The lowest BCUT2D eigenvalue weighted by Gasteiger charge is -1.96. The van der Waals surface area contributed by atoms with Crippen LogP contribution in [0.4, 0.5) is 0 Å². The molecule has 1 aliphatic heterocycles. The molecular formula is C8H10ClNO. The first kappa shape index (κ1) is 8.37. The third kappa shape index (κ3) is 1.32. The summed E-state index contributed by atoms with van der Waals surface area (Å²) in [5.74, 6) is 0.940. The lowest BCUT2D eigenvalue weighted by Crippen LogP contribution is -2.10. The van der Waals surface area contributed by atoms with E-state index >= 15 is 0 Å². The summed E-state index contributed by atoms with van der Waals surface area (Å²) in [6, 6.07) is 7.97. The van der Waals surface area contributed by atoms with Crippen LogP contribution in [0.25, 0.3) is 0 Å². The van der Waals surface area contributed by atoms with Gasteiger partial charge in [0.25, 0.3) is 0 Å². The van der Waals surface area contributed by atoms with E-state index in [-0.39, 0.29) is 18.4 Å². The number of fused-ring (bicyclic) bond motifs is 1. The second kappa shape index (κ2) is 3.11. The third-order valence-electron chi connectivity index (χ3n) is 1.74. The maximum absolute atomic E-state index is 5.72. The highest BCUT2D eigenvalue weighted by Gasteiger charge is 2.18. The van der Waals surface area contributed by atoms with Crippen molar-refractivity contribution in [3.63, 3.8) is 0 Å². The number of para-hydroxylation sites is 1. The van der Waals surface area contributed by atoms with E-state index in [2.05, 4.69) is 0 Å². The number of hydrogen-bond acceptors (Lipinski definition) is 2. The second-order valence-electron chi connectivity index (χ2n) is 2.46. The Bertz CT molecular complexity index is 252. The van der Waals surface area contributed by atoms with Crippen LogP contribution >= 0.6 is 12.4 Å². The smallest absolute Gasteiger partial charge is 0.124 e. The van der Waals surface area contributed by atoms with Gasteiger partial charge in [0, 0.05) is 5.56 Å². The molecule has 1 aromatic rings. The van der Waals surface area contributed by atoms with E-state index in [0.717, 1.165) is 11.3 Å². The lowest BCUT2D eigenvalue weighted by atomic mass is 10.1. The van der Waals surface area contributed by atoms with Gasteiger partial charge in [0.05, 0.1) is 6.04 Å². The minimum absolute atomic E-state index is 0. The Morgan fingerprint density at radius 2 is 2.09 bits per heavy atom. The molecule has 3 heteroatoms. The van der Waals surface area contributed by atoms with Crippen LogP contribution in [0.2, 0.25) is 0 Å². The average molecular weight is 172 g/mol. The molecule has 1 aliphatic rings. The summed E-state index contributed by atoms with van der Waals surface area (Å²) < 4.78 is 5.29. The van der Waals surface area contributed by atoms with Gasteiger partial charge in [-0.3, -0.25) is 0 Å². The zero-order chi connectivity index (χ0) is 6.97. The Morgan fingerprint density at radius 1 is 1.36 bits per heavy atom. The maximum atomic E-state index is 5.72. The topological polar surface area (TPSA) is 35.2 Å². The number of hydrogen-bond donors (Lipinski definition) is 1. The fraction of sp³-hybridized carbons (Fsp3) is 0.250. The molecule has 0 saturated heterocycles. The van der Waals surface area contributed by atoms with E-state index in [1.54, 1.807) is 0 Å². The zero-order valence-corrected chi connectivity index (χ0v) is 6.80. The van der Waals surface area contributed by atoms with Gasteiger partial charge in [-0.05, 0) is 6.07 Å². The molecule has 0 radical (unpaired) electrons. The maximum Gasteiger partial charge on any atom is 0.124 e. The predicted molar refractivity (Wildman–Crippen MR) is 46.1 cm³/mol. The van der Waals surface area contributed by atoms with Crippen LogP contribution < -0.4 is 10.5 Å². The molecule has 0 bridgehead atoms. The van der Waals surface area contributed by atoms with E-state index < -0.39 is 0 Å².